The normalized spacial score (nSPS) is 25.0. The van der Waals surface area contributed by atoms with Gasteiger partial charge in [-0.05, 0) is 66.7 Å². The highest BCUT2D eigenvalue weighted by molar-refractivity contribution is 5.88. The van der Waals surface area contributed by atoms with Crippen molar-refractivity contribution >= 4 is 21.8 Å². The molecule has 0 spiro atoms. The van der Waals surface area contributed by atoms with E-state index in [1.165, 1.54) is 65.0 Å². The lowest BCUT2D eigenvalue weighted by atomic mass is 9.67. The van der Waals surface area contributed by atoms with Gasteiger partial charge in [0.05, 0.1) is 0 Å². The third-order valence-electron chi connectivity index (χ3n) is 7.27. The van der Waals surface area contributed by atoms with E-state index in [9.17, 15) is 0 Å². The number of hydrogen-bond donors (Lipinski definition) is 2. The average Bonchev–Trinajstić information content (AvgIpc) is 3.46. The number of benzene rings is 2. The first kappa shape index (κ1) is 14.7. The van der Waals surface area contributed by atoms with Crippen LogP contribution >= 0.6 is 0 Å². The molecule has 0 radical (unpaired) electrons. The summed E-state index contributed by atoms with van der Waals surface area (Å²) >= 11 is 0. The summed E-state index contributed by atoms with van der Waals surface area (Å²) in [4.78, 5) is 7.09. The molecule has 2 aliphatic carbocycles. The van der Waals surface area contributed by atoms with E-state index < -0.39 is 0 Å². The molecule has 6 rings (SSSR count). The zero-order chi connectivity index (χ0) is 17.1. The Bertz CT molecular complexity index is 1020. The van der Waals surface area contributed by atoms with Gasteiger partial charge in [-0.25, -0.2) is 0 Å². The first-order valence-electron chi connectivity index (χ1n) is 9.96. The molecule has 2 aromatic heterocycles. The lowest BCUT2D eigenvalue weighted by molar-refractivity contribution is 0.258. The maximum Gasteiger partial charge on any atom is 0.0457 e. The minimum Gasteiger partial charge on any atom is -0.361 e. The molecule has 2 heteroatoms. The van der Waals surface area contributed by atoms with Crippen molar-refractivity contribution in [1.82, 2.24) is 9.97 Å². The van der Waals surface area contributed by atoms with Gasteiger partial charge >= 0.3 is 0 Å². The van der Waals surface area contributed by atoms with Gasteiger partial charge in [0, 0.05) is 40.1 Å². The fourth-order valence-electron chi connectivity index (χ4n) is 6.14. The van der Waals surface area contributed by atoms with E-state index in [1.54, 1.807) is 0 Å². The quantitative estimate of drug-likeness (QED) is 0.435. The van der Waals surface area contributed by atoms with Gasteiger partial charge in [-0.3, -0.25) is 0 Å². The highest BCUT2D eigenvalue weighted by Crippen LogP contribution is 2.63. The number of fused-ring (bicyclic) bond motifs is 4. The smallest absolute Gasteiger partial charge is 0.0457 e. The van der Waals surface area contributed by atoms with Crippen LogP contribution in [0.15, 0.2) is 60.9 Å². The highest BCUT2D eigenvalue weighted by atomic mass is 14.7. The molecule has 26 heavy (non-hydrogen) atoms. The SMILES string of the molecule is c1ccc2c(C(c3c[nH]c4ccccc34)C34CCC(CC3)C4)c[nH]c2c1. The maximum atomic E-state index is 3.55. The molecule has 2 aromatic carbocycles. The lowest BCUT2D eigenvalue weighted by Crippen LogP contribution is -2.25. The van der Waals surface area contributed by atoms with Crippen molar-refractivity contribution in [2.45, 2.75) is 38.0 Å². The molecule has 0 aliphatic heterocycles. The second kappa shape index (κ2) is 5.26. The summed E-state index contributed by atoms with van der Waals surface area (Å²) in [6.45, 7) is 0. The number of aromatic amines is 2. The Labute approximate surface area is 153 Å². The highest BCUT2D eigenvalue weighted by Gasteiger charge is 2.51. The summed E-state index contributed by atoms with van der Waals surface area (Å²) in [5, 5.41) is 2.79. The van der Waals surface area contributed by atoms with E-state index in [0.717, 1.165) is 5.92 Å². The van der Waals surface area contributed by atoms with E-state index in [4.69, 9.17) is 0 Å². The molecule has 130 valence electrons. The van der Waals surface area contributed by atoms with Gasteiger partial charge in [0.2, 0.25) is 0 Å². The average molecular weight is 340 g/mol. The van der Waals surface area contributed by atoms with E-state index in [2.05, 4.69) is 70.9 Å². The molecule has 2 nitrogen and oxygen atoms in total. The third kappa shape index (κ3) is 1.93. The van der Waals surface area contributed by atoms with Crippen molar-refractivity contribution in [3.05, 3.63) is 72.1 Å². The molecule has 2 saturated carbocycles. The Hall–Kier alpha value is -2.48. The minimum absolute atomic E-state index is 0.431. The molecule has 0 unspecified atom stereocenters. The van der Waals surface area contributed by atoms with Crippen LogP contribution in [0.2, 0.25) is 0 Å². The summed E-state index contributed by atoms with van der Waals surface area (Å²) in [5.41, 5.74) is 5.94. The van der Waals surface area contributed by atoms with Gasteiger partial charge in [-0.2, -0.15) is 0 Å². The zero-order valence-corrected chi connectivity index (χ0v) is 15.0. The van der Waals surface area contributed by atoms with Crippen LogP contribution < -0.4 is 0 Å². The van der Waals surface area contributed by atoms with Gasteiger partial charge in [0.15, 0.2) is 0 Å². The van der Waals surface area contributed by atoms with Gasteiger partial charge < -0.3 is 9.97 Å². The Morgan fingerprint density at radius 2 is 1.31 bits per heavy atom. The predicted molar refractivity (Wildman–Crippen MR) is 107 cm³/mol. The van der Waals surface area contributed by atoms with E-state index in [1.807, 2.05) is 0 Å². The Kier molecular flexibility index (Phi) is 2.97. The summed E-state index contributed by atoms with van der Waals surface area (Å²) < 4.78 is 0. The van der Waals surface area contributed by atoms with Crippen molar-refractivity contribution in [1.29, 1.82) is 0 Å². The van der Waals surface area contributed by atoms with Crippen LogP contribution in [0, 0.1) is 11.3 Å². The van der Waals surface area contributed by atoms with Gasteiger partial charge in [-0.15, -0.1) is 0 Å². The molecule has 2 aliphatic rings. The fourth-order valence-corrected chi connectivity index (χ4v) is 6.14. The molecule has 2 bridgehead atoms. The first-order valence-corrected chi connectivity index (χ1v) is 9.96. The van der Waals surface area contributed by atoms with E-state index in [0.29, 0.717) is 11.3 Å². The number of hydrogen-bond acceptors (Lipinski definition) is 0. The lowest BCUT2D eigenvalue weighted by Gasteiger charge is -2.36. The number of H-pyrrole nitrogens is 2. The number of aromatic nitrogens is 2. The largest absolute Gasteiger partial charge is 0.361 e. The maximum absolute atomic E-state index is 3.55. The number of nitrogens with one attached hydrogen (secondary N) is 2. The summed E-state index contributed by atoms with van der Waals surface area (Å²) in [7, 11) is 0. The molecule has 2 N–H and O–H groups in total. The van der Waals surface area contributed by atoms with Crippen LogP contribution in [-0.2, 0) is 0 Å². The standard InChI is InChI=1S/C24H24N2/c1-3-7-21-17(5-1)19(14-25-21)23(24-11-9-16(13-24)10-12-24)20-15-26-22-8-4-2-6-18(20)22/h1-8,14-16,23,25-26H,9-13H2. The molecular weight excluding hydrogens is 316 g/mol. The molecule has 0 saturated heterocycles. The first-order chi connectivity index (χ1) is 12.8. The summed E-state index contributed by atoms with van der Waals surface area (Å²) in [5.74, 6) is 1.43. The molecular formula is C24H24N2. The minimum atomic E-state index is 0.431. The van der Waals surface area contributed by atoms with Crippen molar-refractivity contribution in [3.8, 4) is 0 Å². The van der Waals surface area contributed by atoms with E-state index >= 15 is 0 Å². The van der Waals surface area contributed by atoms with Crippen LogP contribution in [-0.4, -0.2) is 9.97 Å². The van der Waals surface area contributed by atoms with Crippen LogP contribution in [0.4, 0.5) is 0 Å². The fraction of sp³-hybridized carbons (Fsp3) is 0.333. The van der Waals surface area contributed by atoms with Crippen molar-refractivity contribution in [3.63, 3.8) is 0 Å². The van der Waals surface area contributed by atoms with Crippen LogP contribution in [0.25, 0.3) is 21.8 Å². The third-order valence-corrected chi connectivity index (χ3v) is 7.27. The molecule has 2 heterocycles. The zero-order valence-electron chi connectivity index (χ0n) is 15.0. The Balaban J connectivity index is 1.63. The topological polar surface area (TPSA) is 31.6 Å². The molecule has 0 amide bonds. The second-order valence-electron chi connectivity index (χ2n) is 8.52. The number of para-hydroxylation sites is 2. The van der Waals surface area contributed by atoms with Crippen LogP contribution in [0.1, 0.15) is 49.1 Å². The summed E-state index contributed by atoms with van der Waals surface area (Å²) in [6, 6.07) is 17.6. The molecule has 4 aromatic rings. The van der Waals surface area contributed by atoms with Crippen molar-refractivity contribution in [2.24, 2.45) is 11.3 Å². The second-order valence-corrected chi connectivity index (χ2v) is 8.52. The van der Waals surface area contributed by atoms with Crippen LogP contribution in [0.3, 0.4) is 0 Å². The van der Waals surface area contributed by atoms with Gasteiger partial charge in [0.25, 0.3) is 0 Å². The monoisotopic (exact) mass is 340 g/mol. The van der Waals surface area contributed by atoms with E-state index in [-0.39, 0.29) is 0 Å². The van der Waals surface area contributed by atoms with Crippen molar-refractivity contribution < 1.29 is 0 Å². The predicted octanol–water partition coefficient (Wildman–Crippen LogP) is 6.36. The van der Waals surface area contributed by atoms with Gasteiger partial charge in [-0.1, -0.05) is 36.4 Å². The summed E-state index contributed by atoms with van der Waals surface area (Å²) in [6.07, 6.45) is 11.6. The molecule has 2 fully saturated rings. The molecule has 0 atom stereocenters. The van der Waals surface area contributed by atoms with Gasteiger partial charge in [0.1, 0.15) is 0 Å². The Morgan fingerprint density at radius 3 is 1.81 bits per heavy atom. The van der Waals surface area contributed by atoms with Crippen LogP contribution in [0.5, 0.6) is 0 Å². The van der Waals surface area contributed by atoms with Crippen molar-refractivity contribution in [2.75, 3.05) is 0 Å². The number of rotatable bonds is 3. The Morgan fingerprint density at radius 1 is 0.769 bits per heavy atom.